The fourth-order valence-corrected chi connectivity index (χ4v) is 11.9. The summed E-state index contributed by atoms with van der Waals surface area (Å²) in [6.07, 6.45) is 89.5. The molecule has 2 unspecified atom stereocenters. The van der Waals surface area contributed by atoms with Crippen molar-refractivity contribution in [3.63, 3.8) is 0 Å². The molecule has 0 aromatic carbocycles. The zero-order chi connectivity index (χ0) is 58.5. The molecule has 480 valence electrons. The van der Waals surface area contributed by atoms with Crippen molar-refractivity contribution in [3.05, 3.63) is 24.3 Å². The molecule has 0 saturated heterocycles. The molecule has 81 heavy (non-hydrogen) atoms. The van der Waals surface area contributed by atoms with Crippen LogP contribution in [0.15, 0.2) is 24.3 Å². The fourth-order valence-electron chi connectivity index (χ4n) is 11.9. The molecule has 0 saturated carbocycles. The summed E-state index contributed by atoms with van der Waals surface area (Å²) in [6, 6.07) is -0.539. The number of ether oxygens (including phenoxy) is 1. The van der Waals surface area contributed by atoms with Crippen LogP contribution in [0.25, 0.3) is 0 Å². The first kappa shape index (κ1) is 79.3. The molecule has 0 heterocycles. The van der Waals surface area contributed by atoms with Gasteiger partial charge in [-0.15, -0.1) is 0 Å². The summed E-state index contributed by atoms with van der Waals surface area (Å²) in [4.78, 5) is 24.6. The lowest BCUT2D eigenvalue weighted by Gasteiger charge is -2.22. The normalized spacial score (nSPS) is 12.6. The number of unbranched alkanes of at least 4 members (excludes halogenated alkanes) is 55. The van der Waals surface area contributed by atoms with Crippen LogP contribution < -0.4 is 5.32 Å². The van der Waals surface area contributed by atoms with Gasteiger partial charge in [-0.05, 0) is 57.8 Å². The third kappa shape index (κ3) is 67.3. The second-order valence-electron chi connectivity index (χ2n) is 25.6. The largest absolute Gasteiger partial charge is 0.466 e. The minimum Gasteiger partial charge on any atom is -0.466 e. The molecule has 0 aliphatic carbocycles. The Hall–Kier alpha value is -1.66. The van der Waals surface area contributed by atoms with E-state index >= 15 is 0 Å². The zero-order valence-electron chi connectivity index (χ0n) is 55.0. The van der Waals surface area contributed by atoms with Crippen LogP contribution >= 0.6 is 0 Å². The second kappa shape index (κ2) is 70.8. The highest BCUT2D eigenvalue weighted by atomic mass is 16.5. The Kier molecular flexibility index (Phi) is 69.4. The average Bonchev–Trinajstić information content (AvgIpc) is 3.47. The Morgan fingerprint density at radius 2 is 0.617 bits per heavy atom. The average molecular weight is 1140 g/mol. The molecule has 3 N–H and O–H groups in total. The van der Waals surface area contributed by atoms with Crippen molar-refractivity contribution < 1.29 is 24.5 Å². The smallest absolute Gasteiger partial charge is 0.305 e. The van der Waals surface area contributed by atoms with Crippen molar-refractivity contribution in [2.45, 2.75) is 431 Å². The predicted octanol–water partition coefficient (Wildman–Crippen LogP) is 24.1. The minimum atomic E-state index is -0.663. The molecule has 0 aromatic rings. The van der Waals surface area contributed by atoms with Crippen LogP contribution in [0.3, 0.4) is 0 Å². The van der Waals surface area contributed by atoms with Gasteiger partial charge in [0.25, 0.3) is 0 Å². The number of hydrogen-bond acceptors (Lipinski definition) is 5. The summed E-state index contributed by atoms with van der Waals surface area (Å²) in [5, 5.41) is 23.4. The summed E-state index contributed by atoms with van der Waals surface area (Å²) in [7, 11) is 0. The fraction of sp³-hybridized carbons (Fsp3) is 0.920. The van der Waals surface area contributed by atoms with Crippen LogP contribution in [0.5, 0.6) is 0 Å². The third-order valence-electron chi connectivity index (χ3n) is 17.5. The lowest BCUT2D eigenvalue weighted by atomic mass is 10.0. The SMILES string of the molecule is CCCCC/C=C\C/C=C\CCCCCCCCCC(=O)OCCCCCCCCCCCCCCCCCCCCCCCCCCCCCCC(=O)NC(CO)C(O)CCCCCCCCCCCCCCCCCCCCC. The monoisotopic (exact) mass is 1140 g/mol. The van der Waals surface area contributed by atoms with Crippen LogP contribution in [0.1, 0.15) is 418 Å². The van der Waals surface area contributed by atoms with E-state index in [1.165, 1.54) is 334 Å². The molecular weight excluding hydrogens is 995 g/mol. The number of allylic oxidation sites excluding steroid dienone is 4. The standard InChI is InChI=1S/C75H145NO5/c1-3-5-7-9-11-13-15-17-19-21-32-36-39-43-47-51-55-59-63-67-73(78)72(71-77)76-74(79)68-64-60-56-52-48-44-40-37-33-30-28-26-24-22-23-25-27-29-31-34-38-42-46-50-54-58-62-66-70-81-75(80)69-65-61-57-53-49-45-41-35-20-18-16-14-12-10-8-6-4-2/h12,14,18,20,72-73,77-78H,3-11,13,15-17,19,21-71H2,1-2H3,(H,76,79)/b14-12-,20-18-. The van der Waals surface area contributed by atoms with Gasteiger partial charge >= 0.3 is 5.97 Å². The first-order chi connectivity index (χ1) is 40.0. The predicted molar refractivity (Wildman–Crippen MR) is 356 cm³/mol. The Morgan fingerprint density at radius 1 is 0.346 bits per heavy atom. The molecule has 0 rings (SSSR count). The molecule has 0 fully saturated rings. The molecule has 6 nitrogen and oxygen atoms in total. The van der Waals surface area contributed by atoms with E-state index in [0.29, 0.717) is 25.9 Å². The van der Waals surface area contributed by atoms with Gasteiger partial charge in [0.05, 0.1) is 25.4 Å². The van der Waals surface area contributed by atoms with E-state index in [4.69, 9.17) is 4.74 Å². The Labute approximate surface area is 507 Å². The van der Waals surface area contributed by atoms with Crippen molar-refractivity contribution >= 4 is 11.9 Å². The minimum absolute atomic E-state index is 0.0119. The number of nitrogens with one attached hydrogen (secondary N) is 1. The lowest BCUT2D eigenvalue weighted by Crippen LogP contribution is -2.45. The number of hydrogen-bond donors (Lipinski definition) is 3. The van der Waals surface area contributed by atoms with Gasteiger partial charge in [0.15, 0.2) is 0 Å². The van der Waals surface area contributed by atoms with Crippen molar-refractivity contribution in [2.24, 2.45) is 0 Å². The third-order valence-corrected chi connectivity index (χ3v) is 17.5. The maximum Gasteiger partial charge on any atom is 0.305 e. The van der Waals surface area contributed by atoms with Crippen molar-refractivity contribution in [1.82, 2.24) is 5.32 Å². The maximum atomic E-state index is 12.5. The first-order valence-electron chi connectivity index (χ1n) is 37.1. The van der Waals surface area contributed by atoms with Gasteiger partial charge in [0, 0.05) is 12.8 Å². The van der Waals surface area contributed by atoms with Crippen LogP contribution in [0, 0.1) is 0 Å². The van der Waals surface area contributed by atoms with E-state index in [9.17, 15) is 19.8 Å². The van der Waals surface area contributed by atoms with Gasteiger partial charge in [-0.25, -0.2) is 0 Å². The molecule has 6 heteroatoms. The molecular formula is C75H145NO5. The molecule has 0 spiro atoms. The van der Waals surface area contributed by atoms with Gasteiger partial charge in [-0.1, -0.05) is 372 Å². The molecule has 0 aliphatic rings. The highest BCUT2D eigenvalue weighted by Crippen LogP contribution is 2.20. The molecule has 0 aromatic heterocycles. The number of rotatable bonds is 70. The Bertz CT molecular complexity index is 1270. The number of carbonyl (C=O) groups is 2. The van der Waals surface area contributed by atoms with Crippen LogP contribution in [0.2, 0.25) is 0 Å². The lowest BCUT2D eigenvalue weighted by molar-refractivity contribution is -0.143. The van der Waals surface area contributed by atoms with Crippen LogP contribution in [0.4, 0.5) is 0 Å². The number of carbonyl (C=O) groups excluding carboxylic acids is 2. The van der Waals surface area contributed by atoms with Crippen molar-refractivity contribution in [1.29, 1.82) is 0 Å². The van der Waals surface area contributed by atoms with E-state index in [0.717, 1.165) is 51.4 Å². The van der Waals surface area contributed by atoms with Gasteiger partial charge in [-0.3, -0.25) is 9.59 Å². The zero-order valence-corrected chi connectivity index (χ0v) is 55.0. The van der Waals surface area contributed by atoms with Crippen molar-refractivity contribution in [3.8, 4) is 0 Å². The number of aliphatic hydroxyl groups is 2. The summed E-state index contributed by atoms with van der Waals surface area (Å²) >= 11 is 0. The van der Waals surface area contributed by atoms with Gasteiger partial charge < -0.3 is 20.3 Å². The highest BCUT2D eigenvalue weighted by molar-refractivity contribution is 5.76. The summed E-state index contributed by atoms with van der Waals surface area (Å²) < 4.78 is 5.50. The Morgan fingerprint density at radius 3 is 0.963 bits per heavy atom. The van der Waals surface area contributed by atoms with E-state index in [1.807, 2.05) is 0 Å². The van der Waals surface area contributed by atoms with E-state index in [2.05, 4.69) is 43.5 Å². The van der Waals surface area contributed by atoms with E-state index in [-0.39, 0.29) is 18.5 Å². The topological polar surface area (TPSA) is 95.9 Å². The molecule has 0 bridgehead atoms. The Balaban J connectivity index is 3.34. The molecule has 0 aliphatic heterocycles. The van der Waals surface area contributed by atoms with E-state index in [1.54, 1.807) is 0 Å². The summed E-state index contributed by atoms with van der Waals surface area (Å²) in [5.74, 6) is -0.0155. The summed E-state index contributed by atoms with van der Waals surface area (Å²) in [6.45, 7) is 4.97. The number of amides is 1. The van der Waals surface area contributed by atoms with Gasteiger partial charge in [0.1, 0.15) is 0 Å². The van der Waals surface area contributed by atoms with Crippen molar-refractivity contribution in [2.75, 3.05) is 13.2 Å². The highest BCUT2D eigenvalue weighted by Gasteiger charge is 2.20. The maximum absolute atomic E-state index is 12.5. The van der Waals surface area contributed by atoms with Gasteiger partial charge in [0.2, 0.25) is 5.91 Å². The first-order valence-corrected chi connectivity index (χ1v) is 37.1. The number of esters is 1. The molecule has 2 atom stereocenters. The van der Waals surface area contributed by atoms with E-state index < -0.39 is 12.1 Å². The van der Waals surface area contributed by atoms with Gasteiger partial charge in [-0.2, -0.15) is 0 Å². The quantitative estimate of drug-likeness (QED) is 0.0320. The number of aliphatic hydroxyl groups excluding tert-OH is 2. The second-order valence-corrected chi connectivity index (χ2v) is 25.6. The molecule has 1 amide bonds. The molecule has 0 radical (unpaired) electrons. The van der Waals surface area contributed by atoms with Crippen LogP contribution in [-0.4, -0.2) is 47.4 Å². The summed E-state index contributed by atoms with van der Waals surface area (Å²) in [5.41, 5.74) is 0. The van der Waals surface area contributed by atoms with Crippen LogP contribution in [-0.2, 0) is 14.3 Å².